The Bertz CT molecular complexity index is 1950. The van der Waals surface area contributed by atoms with Gasteiger partial charge in [-0.15, -0.1) is 5.11 Å². The maximum absolute atomic E-state index is 13.0. The van der Waals surface area contributed by atoms with E-state index in [0.29, 0.717) is 47.3 Å². The van der Waals surface area contributed by atoms with E-state index in [0.717, 1.165) is 53.9 Å². The summed E-state index contributed by atoms with van der Waals surface area (Å²) in [5.41, 5.74) is 4.28. The van der Waals surface area contributed by atoms with Gasteiger partial charge in [0.05, 0.1) is 41.5 Å². The first kappa shape index (κ1) is 35.2. The van der Waals surface area contributed by atoms with Gasteiger partial charge >= 0.3 is 11.9 Å². The summed E-state index contributed by atoms with van der Waals surface area (Å²) < 4.78 is 16.6. The van der Waals surface area contributed by atoms with Crippen molar-refractivity contribution < 1.29 is 23.8 Å². The highest BCUT2D eigenvalue weighted by atomic mass is 16.5. The number of ether oxygens (including phenoxy) is 3. The molecule has 5 rings (SSSR count). The van der Waals surface area contributed by atoms with E-state index >= 15 is 0 Å². The molecule has 10 heteroatoms. The standard InChI is InChI=1S/C40H39N5O5/c1-4-39(46)49-28-10-6-5-9-27-48-34-23-13-29(14-24-34)40(47)50-38-26-25-37(35-11-7-8-12-36(35)38)44-43-31-17-15-30(16-18-31)41-42-32-19-21-33(22-20-32)45(2)3/h4,7-8,11-26H,1,5-6,9-10,27-28H2,2-3H3. The molecular formula is C40H39N5O5. The second kappa shape index (κ2) is 17.8. The molecule has 0 fully saturated rings. The van der Waals surface area contributed by atoms with Crippen LogP contribution in [0.4, 0.5) is 28.4 Å². The second-order valence-electron chi connectivity index (χ2n) is 11.5. The quantitative estimate of drug-likeness (QED) is 0.0339. The number of nitrogens with zero attached hydrogens (tertiary/aromatic N) is 5. The van der Waals surface area contributed by atoms with E-state index in [1.807, 2.05) is 91.8 Å². The lowest BCUT2D eigenvalue weighted by molar-refractivity contribution is -0.137. The van der Waals surface area contributed by atoms with E-state index < -0.39 is 11.9 Å². The van der Waals surface area contributed by atoms with E-state index in [9.17, 15) is 9.59 Å². The number of benzene rings is 5. The third kappa shape index (κ3) is 10.2. The lowest BCUT2D eigenvalue weighted by atomic mass is 10.1. The monoisotopic (exact) mass is 669 g/mol. The molecule has 254 valence electrons. The summed E-state index contributed by atoms with van der Waals surface area (Å²) in [5.74, 6) is 0.227. The van der Waals surface area contributed by atoms with Gasteiger partial charge in [-0.25, -0.2) is 9.59 Å². The first-order valence-corrected chi connectivity index (χ1v) is 16.4. The zero-order chi connectivity index (χ0) is 35.1. The summed E-state index contributed by atoms with van der Waals surface area (Å²) in [4.78, 5) is 26.1. The Morgan fingerprint density at radius 1 is 0.660 bits per heavy atom. The van der Waals surface area contributed by atoms with Gasteiger partial charge in [0, 0.05) is 36.6 Å². The molecule has 0 saturated carbocycles. The van der Waals surface area contributed by atoms with Crippen molar-refractivity contribution in [3.63, 3.8) is 0 Å². The smallest absolute Gasteiger partial charge is 0.343 e. The maximum Gasteiger partial charge on any atom is 0.343 e. The Hall–Kier alpha value is -6.16. The first-order valence-electron chi connectivity index (χ1n) is 16.4. The molecule has 0 radical (unpaired) electrons. The summed E-state index contributed by atoms with van der Waals surface area (Å²) in [5, 5.41) is 19.1. The van der Waals surface area contributed by atoms with Crippen LogP contribution in [0.25, 0.3) is 10.8 Å². The number of rotatable bonds is 16. The lowest BCUT2D eigenvalue weighted by Gasteiger charge is -2.11. The number of fused-ring (bicyclic) bond motifs is 1. The minimum Gasteiger partial charge on any atom is -0.494 e. The topological polar surface area (TPSA) is 115 Å². The summed E-state index contributed by atoms with van der Waals surface area (Å²) in [6.45, 7) is 4.33. The number of anilines is 1. The largest absolute Gasteiger partial charge is 0.494 e. The fraction of sp³-hybridized carbons (Fsp3) is 0.200. The van der Waals surface area contributed by atoms with Gasteiger partial charge in [0.2, 0.25) is 0 Å². The molecule has 0 amide bonds. The summed E-state index contributed by atoms with van der Waals surface area (Å²) >= 11 is 0. The molecule has 0 unspecified atom stereocenters. The molecule has 0 atom stereocenters. The van der Waals surface area contributed by atoms with Crippen molar-refractivity contribution in [2.45, 2.75) is 25.7 Å². The summed E-state index contributed by atoms with van der Waals surface area (Å²) in [6.07, 6.45) is 4.73. The lowest BCUT2D eigenvalue weighted by Crippen LogP contribution is -2.08. The molecule has 0 N–H and O–H groups in total. The van der Waals surface area contributed by atoms with Crippen molar-refractivity contribution in [2.24, 2.45) is 20.5 Å². The highest BCUT2D eigenvalue weighted by Crippen LogP contribution is 2.35. The van der Waals surface area contributed by atoms with E-state index in [1.54, 1.807) is 36.4 Å². The van der Waals surface area contributed by atoms with Crippen molar-refractivity contribution in [1.29, 1.82) is 0 Å². The van der Waals surface area contributed by atoms with Crippen LogP contribution in [0, 0.1) is 0 Å². The minimum atomic E-state index is -0.476. The van der Waals surface area contributed by atoms with E-state index in [1.165, 1.54) is 0 Å². The van der Waals surface area contributed by atoms with Crippen molar-refractivity contribution >= 4 is 51.1 Å². The number of carbonyl (C=O) groups excluding carboxylic acids is 2. The number of hydrogen-bond acceptors (Lipinski definition) is 10. The van der Waals surface area contributed by atoms with Crippen LogP contribution >= 0.6 is 0 Å². The molecule has 0 aliphatic rings. The zero-order valence-corrected chi connectivity index (χ0v) is 28.2. The molecule has 5 aromatic rings. The van der Waals surface area contributed by atoms with E-state index in [-0.39, 0.29) is 0 Å². The average Bonchev–Trinajstić information content (AvgIpc) is 3.15. The zero-order valence-electron chi connectivity index (χ0n) is 28.2. The Kier molecular flexibility index (Phi) is 12.5. The Labute approximate surface area is 291 Å². The van der Waals surface area contributed by atoms with E-state index in [4.69, 9.17) is 14.2 Å². The molecule has 0 aromatic heterocycles. The predicted molar refractivity (Wildman–Crippen MR) is 196 cm³/mol. The van der Waals surface area contributed by atoms with Gasteiger partial charge < -0.3 is 19.1 Å². The number of esters is 2. The fourth-order valence-corrected chi connectivity index (χ4v) is 4.89. The molecule has 50 heavy (non-hydrogen) atoms. The number of azo groups is 2. The highest BCUT2D eigenvalue weighted by molar-refractivity contribution is 5.99. The minimum absolute atomic E-state index is 0.396. The van der Waals surface area contributed by atoms with Crippen LogP contribution in [-0.4, -0.2) is 39.2 Å². The van der Waals surface area contributed by atoms with Gasteiger partial charge in [-0.1, -0.05) is 30.8 Å². The van der Waals surface area contributed by atoms with Gasteiger partial charge in [0.25, 0.3) is 0 Å². The molecule has 5 aromatic carbocycles. The van der Waals surface area contributed by atoms with Crippen LogP contribution in [0.5, 0.6) is 11.5 Å². The number of carbonyl (C=O) groups is 2. The molecule has 0 aliphatic heterocycles. The Morgan fingerprint density at radius 3 is 1.86 bits per heavy atom. The molecule has 0 aliphatic carbocycles. The van der Waals surface area contributed by atoms with Gasteiger partial charge in [-0.2, -0.15) is 15.3 Å². The number of unbranched alkanes of at least 4 members (excludes halogenated alkanes) is 3. The van der Waals surface area contributed by atoms with Crippen LogP contribution in [0.2, 0.25) is 0 Å². The van der Waals surface area contributed by atoms with Crippen LogP contribution in [0.1, 0.15) is 36.0 Å². The molecule has 10 nitrogen and oxygen atoms in total. The molecule has 0 heterocycles. The van der Waals surface area contributed by atoms with E-state index in [2.05, 4.69) is 27.0 Å². The Balaban J connectivity index is 1.14. The number of hydrogen-bond donors (Lipinski definition) is 0. The first-order chi connectivity index (χ1) is 24.4. The fourth-order valence-electron chi connectivity index (χ4n) is 4.89. The van der Waals surface area contributed by atoms with Gasteiger partial charge in [0.1, 0.15) is 11.5 Å². The third-order valence-corrected chi connectivity index (χ3v) is 7.64. The van der Waals surface area contributed by atoms with Crippen LogP contribution in [0.15, 0.2) is 142 Å². The summed E-state index contributed by atoms with van der Waals surface area (Å²) in [7, 11) is 3.98. The molecule has 0 saturated heterocycles. The molecule has 0 bridgehead atoms. The maximum atomic E-state index is 13.0. The molecular weight excluding hydrogens is 630 g/mol. The van der Waals surface area contributed by atoms with Crippen molar-refractivity contribution in [3.05, 3.63) is 127 Å². The highest BCUT2D eigenvalue weighted by Gasteiger charge is 2.13. The summed E-state index contributed by atoms with van der Waals surface area (Å²) in [6, 6.07) is 33.2. The van der Waals surface area contributed by atoms with Gasteiger partial charge in [0.15, 0.2) is 0 Å². The van der Waals surface area contributed by atoms with Crippen LogP contribution in [-0.2, 0) is 9.53 Å². The van der Waals surface area contributed by atoms with Crippen molar-refractivity contribution in [2.75, 3.05) is 32.2 Å². The predicted octanol–water partition coefficient (Wildman–Crippen LogP) is 10.6. The SMILES string of the molecule is C=CC(=O)OCCCCCCOc1ccc(C(=O)Oc2ccc(N=Nc3ccc(N=Nc4ccc(N(C)C)cc4)cc3)c3ccccc23)cc1. The van der Waals surface area contributed by atoms with Crippen LogP contribution in [0.3, 0.4) is 0 Å². The van der Waals surface area contributed by atoms with Crippen LogP contribution < -0.4 is 14.4 Å². The normalized spacial score (nSPS) is 11.2. The molecule has 0 spiro atoms. The van der Waals surface area contributed by atoms with Gasteiger partial charge in [-0.05, 0) is 111 Å². The second-order valence-corrected chi connectivity index (χ2v) is 11.5. The van der Waals surface area contributed by atoms with Gasteiger partial charge in [-0.3, -0.25) is 0 Å². The Morgan fingerprint density at radius 2 is 1.24 bits per heavy atom. The average molecular weight is 670 g/mol. The third-order valence-electron chi connectivity index (χ3n) is 7.64. The van der Waals surface area contributed by atoms with Crippen molar-refractivity contribution in [3.8, 4) is 11.5 Å². The van der Waals surface area contributed by atoms with Crippen molar-refractivity contribution in [1.82, 2.24) is 0 Å².